The molecule has 2 rings (SSSR count). The van der Waals surface area contributed by atoms with Crippen molar-refractivity contribution in [1.82, 2.24) is 0 Å². The second-order valence-electron chi connectivity index (χ2n) is 6.28. The molecule has 9 heteroatoms. The van der Waals surface area contributed by atoms with Gasteiger partial charge >= 0.3 is 0 Å². The number of anilines is 2. The topological polar surface area (TPSA) is 110 Å². The highest BCUT2D eigenvalue weighted by Crippen LogP contribution is 2.22. The highest BCUT2D eigenvalue weighted by Gasteiger charge is 2.20. The number of hydrogen-bond acceptors (Lipinski definition) is 4. The van der Waals surface area contributed by atoms with Crippen molar-refractivity contribution in [2.24, 2.45) is 5.73 Å². The summed E-state index contributed by atoms with van der Waals surface area (Å²) in [6, 6.07) is 10.4. The Bertz CT molecular complexity index is 992. The maximum Gasteiger partial charge on any atom is 0.249 e. The van der Waals surface area contributed by atoms with E-state index in [0.29, 0.717) is 16.8 Å². The van der Waals surface area contributed by atoms with Crippen LogP contribution in [-0.2, 0) is 14.8 Å². The molecule has 0 aliphatic heterocycles. The lowest BCUT2D eigenvalue weighted by atomic mass is 10.1. The Morgan fingerprint density at radius 3 is 2.43 bits per heavy atom. The summed E-state index contributed by atoms with van der Waals surface area (Å²) < 4.78 is 38.9. The lowest BCUT2D eigenvalue weighted by molar-refractivity contribution is -0.116. The number of carbonyl (C=O) groups excluding carboxylic acids is 2. The molecule has 0 aliphatic rings. The van der Waals surface area contributed by atoms with Gasteiger partial charge in [0, 0.05) is 24.2 Å². The van der Waals surface area contributed by atoms with Gasteiger partial charge in [-0.1, -0.05) is 18.2 Å². The number of carbonyl (C=O) groups is 2. The van der Waals surface area contributed by atoms with Gasteiger partial charge in [-0.25, -0.2) is 12.8 Å². The first-order chi connectivity index (χ1) is 13.1. The van der Waals surface area contributed by atoms with Crippen molar-refractivity contribution < 1.29 is 22.4 Å². The summed E-state index contributed by atoms with van der Waals surface area (Å²) in [5.74, 6) is -1.61. The van der Waals surface area contributed by atoms with Crippen LogP contribution in [-0.4, -0.2) is 33.0 Å². The molecule has 0 aromatic heterocycles. The minimum Gasteiger partial charge on any atom is -0.366 e. The molecule has 28 heavy (non-hydrogen) atoms. The number of amides is 2. The molecule has 0 unspecified atom stereocenters. The number of para-hydroxylation sites is 1. The number of hydrogen-bond donors (Lipinski definition) is 2. The van der Waals surface area contributed by atoms with Crippen molar-refractivity contribution in [3.05, 3.63) is 59.4 Å². The number of nitrogens with one attached hydrogen (secondary N) is 1. The number of sulfonamides is 1. The summed E-state index contributed by atoms with van der Waals surface area (Å²) in [4.78, 5) is 23.6. The summed E-state index contributed by atoms with van der Waals surface area (Å²) in [5.41, 5.74) is 6.54. The molecule has 0 aliphatic carbocycles. The third-order valence-corrected chi connectivity index (χ3v) is 5.34. The van der Waals surface area contributed by atoms with Crippen LogP contribution in [0.1, 0.15) is 28.8 Å². The van der Waals surface area contributed by atoms with Crippen molar-refractivity contribution in [3.63, 3.8) is 0 Å². The van der Waals surface area contributed by atoms with Crippen molar-refractivity contribution in [3.8, 4) is 0 Å². The van der Waals surface area contributed by atoms with Gasteiger partial charge in [0.05, 0.1) is 11.9 Å². The Kier molecular flexibility index (Phi) is 6.74. The first-order valence-electron chi connectivity index (χ1n) is 8.52. The van der Waals surface area contributed by atoms with Crippen molar-refractivity contribution in [1.29, 1.82) is 0 Å². The van der Waals surface area contributed by atoms with Gasteiger partial charge < -0.3 is 11.1 Å². The molecule has 0 heterocycles. The zero-order valence-corrected chi connectivity index (χ0v) is 16.4. The smallest absolute Gasteiger partial charge is 0.249 e. The first kappa shape index (κ1) is 21.4. The summed E-state index contributed by atoms with van der Waals surface area (Å²) in [5, 5.41) is 2.68. The predicted molar refractivity (Wildman–Crippen MR) is 106 cm³/mol. The quantitative estimate of drug-likeness (QED) is 0.700. The minimum absolute atomic E-state index is 0.0146. The minimum atomic E-state index is -3.71. The van der Waals surface area contributed by atoms with E-state index >= 15 is 0 Å². The molecular weight excluding hydrogens is 385 g/mol. The van der Waals surface area contributed by atoms with Crippen molar-refractivity contribution >= 4 is 33.2 Å². The second-order valence-corrected chi connectivity index (χ2v) is 8.19. The van der Waals surface area contributed by atoms with E-state index in [1.54, 1.807) is 25.1 Å². The standard InChI is InChI=1S/C19H22FN3O4S/c1-13-14(19(21)25)7-5-9-16(13)22-18(24)11-6-12-23(28(2,26)27)17-10-4-3-8-15(17)20/h3-5,7-10H,6,11-12H2,1-2H3,(H2,21,25)(H,22,24). The molecular formula is C19H22FN3O4S. The Hall–Kier alpha value is -2.94. The Morgan fingerprint density at radius 2 is 1.82 bits per heavy atom. The lowest BCUT2D eigenvalue weighted by Crippen LogP contribution is -2.32. The molecule has 2 amide bonds. The van der Waals surface area contributed by atoms with Gasteiger partial charge in [0.25, 0.3) is 0 Å². The van der Waals surface area contributed by atoms with Crippen LogP contribution in [0.2, 0.25) is 0 Å². The summed E-state index contributed by atoms with van der Waals surface area (Å²) >= 11 is 0. The van der Waals surface area contributed by atoms with Gasteiger partial charge in [-0.05, 0) is 43.2 Å². The van der Waals surface area contributed by atoms with Gasteiger partial charge in [-0.15, -0.1) is 0 Å². The number of nitrogens with zero attached hydrogens (tertiary/aromatic N) is 1. The first-order valence-corrected chi connectivity index (χ1v) is 10.4. The second kappa shape index (κ2) is 8.83. The van der Waals surface area contributed by atoms with E-state index < -0.39 is 21.7 Å². The Morgan fingerprint density at radius 1 is 1.14 bits per heavy atom. The normalized spacial score (nSPS) is 11.1. The Balaban J connectivity index is 2.03. The average molecular weight is 407 g/mol. The molecule has 2 aromatic carbocycles. The average Bonchev–Trinajstić information content (AvgIpc) is 2.60. The summed E-state index contributed by atoms with van der Waals surface area (Å²) in [6.07, 6.45) is 1.18. The molecule has 0 atom stereocenters. The highest BCUT2D eigenvalue weighted by molar-refractivity contribution is 7.92. The maximum atomic E-state index is 14.0. The number of nitrogens with two attached hydrogens (primary N) is 1. The molecule has 0 saturated carbocycles. The summed E-state index contributed by atoms with van der Waals surface area (Å²) in [7, 11) is -3.71. The molecule has 0 saturated heterocycles. The molecule has 0 fully saturated rings. The van der Waals surface area contributed by atoms with Gasteiger partial charge in [-0.2, -0.15) is 0 Å². The van der Waals surface area contributed by atoms with Gasteiger partial charge in [0.15, 0.2) is 0 Å². The van der Waals surface area contributed by atoms with E-state index in [-0.39, 0.29) is 31.0 Å². The zero-order chi connectivity index (χ0) is 20.9. The van der Waals surface area contributed by atoms with Crippen molar-refractivity contribution in [2.45, 2.75) is 19.8 Å². The van der Waals surface area contributed by atoms with Crippen LogP contribution in [0.5, 0.6) is 0 Å². The van der Waals surface area contributed by atoms with Crippen molar-refractivity contribution in [2.75, 3.05) is 22.4 Å². The fourth-order valence-corrected chi connectivity index (χ4v) is 3.72. The lowest BCUT2D eigenvalue weighted by Gasteiger charge is -2.22. The van der Waals surface area contributed by atoms with Crippen LogP contribution in [0, 0.1) is 12.7 Å². The van der Waals surface area contributed by atoms with Gasteiger partial charge in [0.2, 0.25) is 21.8 Å². The molecule has 150 valence electrons. The predicted octanol–water partition coefficient (Wildman–Crippen LogP) is 2.42. The van der Waals surface area contributed by atoms with Crippen LogP contribution in [0.15, 0.2) is 42.5 Å². The van der Waals surface area contributed by atoms with E-state index in [4.69, 9.17) is 5.73 Å². The van der Waals surface area contributed by atoms with Crippen LogP contribution in [0.4, 0.5) is 15.8 Å². The number of rotatable bonds is 8. The van der Waals surface area contributed by atoms with Crippen LogP contribution in [0.3, 0.4) is 0 Å². The third-order valence-electron chi connectivity index (χ3n) is 4.16. The van der Waals surface area contributed by atoms with Gasteiger partial charge in [0.1, 0.15) is 5.82 Å². The van der Waals surface area contributed by atoms with Crippen LogP contribution < -0.4 is 15.4 Å². The van der Waals surface area contributed by atoms with E-state index in [9.17, 15) is 22.4 Å². The molecule has 3 N–H and O–H groups in total. The number of benzene rings is 2. The monoisotopic (exact) mass is 407 g/mol. The maximum absolute atomic E-state index is 14.0. The van der Waals surface area contributed by atoms with Crippen LogP contribution in [0.25, 0.3) is 0 Å². The largest absolute Gasteiger partial charge is 0.366 e. The molecule has 0 spiro atoms. The molecule has 7 nitrogen and oxygen atoms in total. The number of halogens is 1. The fraction of sp³-hybridized carbons (Fsp3) is 0.263. The Labute approximate surface area is 163 Å². The van der Waals surface area contributed by atoms with E-state index in [2.05, 4.69) is 5.32 Å². The van der Waals surface area contributed by atoms with E-state index in [1.807, 2.05) is 0 Å². The van der Waals surface area contributed by atoms with E-state index in [0.717, 1.165) is 10.6 Å². The third kappa shape index (κ3) is 5.29. The van der Waals surface area contributed by atoms with Gasteiger partial charge in [-0.3, -0.25) is 13.9 Å². The fourth-order valence-electron chi connectivity index (χ4n) is 2.75. The SMILES string of the molecule is Cc1c(NC(=O)CCCN(c2ccccc2F)S(C)(=O)=O)cccc1C(N)=O. The summed E-state index contributed by atoms with van der Waals surface area (Å²) in [6.45, 7) is 1.62. The zero-order valence-electron chi connectivity index (χ0n) is 15.6. The molecule has 0 radical (unpaired) electrons. The van der Waals surface area contributed by atoms with E-state index in [1.165, 1.54) is 24.3 Å². The molecule has 2 aromatic rings. The van der Waals surface area contributed by atoms with Crippen LogP contribution >= 0.6 is 0 Å². The number of primary amides is 1. The highest BCUT2D eigenvalue weighted by atomic mass is 32.2. The molecule has 0 bridgehead atoms.